The van der Waals surface area contributed by atoms with Gasteiger partial charge in [0.15, 0.2) is 0 Å². The Morgan fingerprint density at radius 2 is 2.00 bits per heavy atom. The summed E-state index contributed by atoms with van der Waals surface area (Å²) in [4.78, 5) is 9.25. The molecule has 1 aliphatic carbocycles. The van der Waals surface area contributed by atoms with E-state index in [4.69, 9.17) is 4.74 Å². The zero-order valence-corrected chi connectivity index (χ0v) is 11.6. The molecule has 1 saturated carbocycles. The number of hydrogen-bond acceptors (Lipinski definition) is 4. The van der Waals surface area contributed by atoms with Gasteiger partial charge in [-0.1, -0.05) is 19.8 Å². The van der Waals surface area contributed by atoms with E-state index >= 15 is 0 Å². The van der Waals surface area contributed by atoms with E-state index in [9.17, 15) is 0 Å². The number of anilines is 1. The number of rotatable bonds is 4. The van der Waals surface area contributed by atoms with Crippen molar-refractivity contribution >= 4 is 5.82 Å². The number of ether oxygens (including phenoxy) is 1. The lowest BCUT2D eigenvalue weighted by molar-refractivity contribution is 0.181. The van der Waals surface area contributed by atoms with Crippen molar-refractivity contribution in [2.45, 2.75) is 45.1 Å². The van der Waals surface area contributed by atoms with Gasteiger partial charge in [-0.2, -0.15) is 0 Å². The average molecular weight is 249 g/mol. The predicted octanol–water partition coefficient (Wildman–Crippen LogP) is 2.96. The number of aromatic nitrogens is 2. The summed E-state index contributed by atoms with van der Waals surface area (Å²) in [7, 11) is 3.59. The lowest BCUT2D eigenvalue weighted by Gasteiger charge is -2.25. The molecular weight excluding hydrogens is 226 g/mol. The first-order chi connectivity index (χ1) is 8.72. The van der Waals surface area contributed by atoms with Crippen LogP contribution in [-0.4, -0.2) is 24.1 Å². The average Bonchev–Trinajstić information content (AvgIpc) is 2.39. The van der Waals surface area contributed by atoms with Gasteiger partial charge in [0.25, 0.3) is 0 Å². The lowest BCUT2D eigenvalue weighted by atomic mass is 9.82. The Kier molecular flexibility index (Phi) is 4.53. The SMILES string of the molecule is CNc1cc(COC)nc(C2CCC(C)CC2)n1. The Balaban J connectivity index is 2.17. The lowest BCUT2D eigenvalue weighted by Crippen LogP contribution is -2.15. The van der Waals surface area contributed by atoms with E-state index in [-0.39, 0.29) is 0 Å². The number of nitrogens with one attached hydrogen (secondary N) is 1. The largest absolute Gasteiger partial charge is 0.378 e. The molecule has 4 nitrogen and oxygen atoms in total. The Bertz CT molecular complexity index is 387. The van der Waals surface area contributed by atoms with Crippen LogP contribution >= 0.6 is 0 Å². The Labute approximate surface area is 109 Å². The van der Waals surface area contributed by atoms with Crippen LogP contribution in [0.3, 0.4) is 0 Å². The van der Waals surface area contributed by atoms with Crippen molar-refractivity contribution in [1.82, 2.24) is 9.97 Å². The second kappa shape index (κ2) is 6.14. The molecule has 0 radical (unpaired) electrons. The molecule has 0 atom stereocenters. The van der Waals surface area contributed by atoms with Crippen LogP contribution in [0.15, 0.2) is 6.07 Å². The van der Waals surface area contributed by atoms with Gasteiger partial charge in [-0.05, 0) is 18.8 Å². The highest BCUT2D eigenvalue weighted by Crippen LogP contribution is 2.34. The summed E-state index contributed by atoms with van der Waals surface area (Å²) in [5.74, 6) is 3.25. The smallest absolute Gasteiger partial charge is 0.134 e. The second-order valence-electron chi connectivity index (χ2n) is 5.24. The molecule has 0 aliphatic heterocycles. The third-order valence-electron chi connectivity index (χ3n) is 3.73. The van der Waals surface area contributed by atoms with Crippen LogP contribution in [0.25, 0.3) is 0 Å². The van der Waals surface area contributed by atoms with Gasteiger partial charge >= 0.3 is 0 Å². The number of nitrogens with zero attached hydrogens (tertiary/aromatic N) is 2. The molecule has 1 aromatic rings. The summed E-state index contributed by atoms with van der Waals surface area (Å²) in [5.41, 5.74) is 0.963. The second-order valence-corrected chi connectivity index (χ2v) is 5.24. The number of hydrogen-bond donors (Lipinski definition) is 1. The third-order valence-corrected chi connectivity index (χ3v) is 3.73. The minimum absolute atomic E-state index is 0.519. The topological polar surface area (TPSA) is 47.0 Å². The Morgan fingerprint density at radius 1 is 1.28 bits per heavy atom. The van der Waals surface area contributed by atoms with Gasteiger partial charge in [0.1, 0.15) is 11.6 Å². The maximum absolute atomic E-state index is 5.17. The van der Waals surface area contributed by atoms with E-state index in [2.05, 4.69) is 22.2 Å². The molecule has 1 aromatic heterocycles. The van der Waals surface area contributed by atoms with E-state index < -0.39 is 0 Å². The molecule has 1 aliphatic rings. The van der Waals surface area contributed by atoms with Gasteiger partial charge in [-0.25, -0.2) is 9.97 Å². The fourth-order valence-electron chi connectivity index (χ4n) is 2.57. The monoisotopic (exact) mass is 249 g/mol. The molecule has 1 N–H and O–H groups in total. The molecule has 0 unspecified atom stereocenters. The summed E-state index contributed by atoms with van der Waals surface area (Å²) in [6.07, 6.45) is 5.00. The van der Waals surface area contributed by atoms with Crippen molar-refractivity contribution in [3.8, 4) is 0 Å². The highest BCUT2D eigenvalue weighted by atomic mass is 16.5. The normalized spacial score (nSPS) is 23.9. The minimum atomic E-state index is 0.519. The van der Waals surface area contributed by atoms with E-state index in [1.807, 2.05) is 13.1 Å². The molecule has 0 spiro atoms. The van der Waals surface area contributed by atoms with Gasteiger partial charge in [0.05, 0.1) is 12.3 Å². The Hall–Kier alpha value is -1.16. The molecule has 100 valence electrons. The van der Waals surface area contributed by atoms with Crippen LogP contribution < -0.4 is 5.32 Å². The molecule has 0 saturated heterocycles. The summed E-state index contributed by atoms with van der Waals surface area (Å²) >= 11 is 0. The summed E-state index contributed by atoms with van der Waals surface area (Å²) in [6.45, 7) is 2.88. The van der Waals surface area contributed by atoms with Crippen LogP contribution in [0.2, 0.25) is 0 Å². The van der Waals surface area contributed by atoms with Crippen molar-refractivity contribution in [1.29, 1.82) is 0 Å². The van der Waals surface area contributed by atoms with Gasteiger partial charge in [0, 0.05) is 26.1 Å². The first-order valence-electron chi connectivity index (χ1n) is 6.77. The van der Waals surface area contributed by atoms with Crippen molar-refractivity contribution in [2.75, 3.05) is 19.5 Å². The zero-order valence-electron chi connectivity index (χ0n) is 11.6. The first-order valence-corrected chi connectivity index (χ1v) is 6.77. The van der Waals surface area contributed by atoms with Gasteiger partial charge < -0.3 is 10.1 Å². The van der Waals surface area contributed by atoms with Crippen molar-refractivity contribution in [3.63, 3.8) is 0 Å². The molecule has 2 rings (SSSR count). The zero-order chi connectivity index (χ0) is 13.0. The predicted molar refractivity (Wildman–Crippen MR) is 72.7 cm³/mol. The fraction of sp³-hybridized carbons (Fsp3) is 0.714. The summed E-state index contributed by atoms with van der Waals surface area (Å²) in [5, 5.41) is 3.11. The molecule has 0 aromatic carbocycles. The summed E-state index contributed by atoms with van der Waals surface area (Å²) in [6, 6.07) is 1.96. The summed E-state index contributed by atoms with van der Waals surface area (Å²) < 4.78 is 5.17. The minimum Gasteiger partial charge on any atom is -0.378 e. The van der Waals surface area contributed by atoms with E-state index in [0.717, 1.165) is 23.3 Å². The molecule has 1 heterocycles. The van der Waals surface area contributed by atoms with Gasteiger partial charge in [-0.3, -0.25) is 0 Å². The quantitative estimate of drug-likeness (QED) is 0.891. The van der Waals surface area contributed by atoms with Crippen LogP contribution in [0, 0.1) is 5.92 Å². The fourth-order valence-corrected chi connectivity index (χ4v) is 2.57. The van der Waals surface area contributed by atoms with E-state index in [0.29, 0.717) is 12.5 Å². The van der Waals surface area contributed by atoms with Crippen LogP contribution in [0.4, 0.5) is 5.82 Å². The first kappa shape index (κ1) is 13.3. The standard InChI is InChI=1S/C14H23N3O/c1-10-4-6-11(7-5-10)14-16-12(9-18-3)8-13(15-2)17-14/h8,10-11H,4-7,9H2,1-3H3,(H,15,16,17). The number of methoxy groups -OCH3 is 1. The van der Waals surface area contributed by atoms with Crippen LogP contribution in [-0.2, 0) is 11.3 Å². The van der Waals surface area contributed by atoms with E-state index in [1.165, 1.54) is 25.7 Å². The van der Waals surface area contributed by atoms with Gasteiger partial charge in [0.2, 0.25) is 0 Å². The highest BCUT2D eigenvalue weighted by molar-refractivity contribution is 5.35. The molecule has 0 bridgehead atoms. The Morgan fingerprint density at radius 3 is 2.61 bits per heavy atom. The maximum atomic E-state index is 5.17. The van der Waals surface area contributed by atoms with Crippen molar-refractivity contribution < 1.29 is 4.74 Å². The van der Waals surface area contributed by atoms with Gasteiger partial charge in [-0.15, -0.1) is 0 Å². The highest BCUT2D eigenvalue weighted by Gasteiger charge is 2.22. The van der Waals surface area contributed by atoms with E-state index in [1.54, 1.807) is 7.11 Å². The third kappa shape index (κ3) is 3.19. The van der Waals surface area contributed by atoms with Crippen LogP contribution in [0.5, 0.6) is 0 Å². The van der Waals surface area contributed by atoms with Crippen LogP contribution in [0.1, 0.15) is 50.0 Å². The molecule has 0 amide bonds. The molecule has 4 heteroatoms. The molecular formula is C14H23N3O. The van der Waals surface area contributed by atoms with Crippen molar-refractivity contribution in [3.05, 3.63) is 17.6 Å². The molecule has 18 heavy (non-hydrogen) atoms. The maximum Gasteiger partial charge on any atom is 0.134 e. The van der Waals surface area contributed by atoms with Crippen molar-refractivity contribution in [2.24, 2.45) is 5.92 Å². The molecule has 1 fully saturated rings.